The maximum absolute atomic E-state index is 12.4. The van der Waals surface area contributed by atoms with Crippen LogP contribution in [0, 0.1) is 5.92 Å². The van der Waals surface area contributed by atoms with Crippen LogP contribution in [0.4, 0.5) is 11.4 Å². The lowest BCUT2D eigenvalue weighted by atomic mass is 10.1. The molecule has 1 aliphatic rings. The smallest absolute Gasteiger partial charge is 0.255 e. The molecule has 3 rings (SSSR count). The fraction of sp³-hybridized carbons (Fsp3) is 0.222. The van der Waals surface area contributed by atoms with Crippen molar-refractivity contribution in [2.45, 2.75) is 6.92 Å². The fourth-order valence-corrected chi connectivity index (χ4v) is 4.60. The van der Waals surface area contributed by atoms with Gasteiger partial charge < -0.3 is 10.1 Å². The summed E-state index contributed by atoms with van der Waals surface area (Å²) in [5.41, 5.74) is 1.08. The summed E-state index contributed by atoms with van der Waals surface area (Å²) in [6, 6.07) is 12.8. The second-order valence-electron chi connectivity index (χ2n) is 5.98. The molecular weight excluding hydrogens is 356 g/mol. The monoisotopic (exact) mass is 374 g/mol. The largest absolute Gasteiger partial charge is 0.495 e. The standard InChI is InChI=1S/C18H18N2O5S/c1-12-11-26(23,24)20(18(12)22)14-9-7-13(8-10-14)17(21)19-15-5-3-4-6-16(15)25-2/h3-10,12H,11H2,1-2H3,(H,19,21). The molecule has 0 aliphatic carbocycles. The van der Waals surface area contributed by atoms with Crippen molar-refractivity contribution >= 4 is 33.2 Å². The maximum atomic E-state index is 12.4. The topological polar surface area (TPSA) is 92.8 Å². The molecule has 0 saturated carbocycles. The first-order valence-electron chi connectivity index (χ1n) is 7.95. The first kappa shape index (κ1) is 17.9. The Labute approximate surface area is 151 Å². The van der Waals surface area contributed by atoms with Gasteiger partial charge in [-0.2, -0.15) is 0 Å². The summed E-state index contributed by atoms with van der Waals surface area (Å²) in [5, 5.41) is 2.74. The number of hydrogen-bond donors (Lipinski definition) is 1. The van der Waals surface area contributed by atoms with E-state index in [1.807, 2.05) is 0 Å². The molecule has 2 amide bonds. The Morgan fingerprint density at radius 3 is 2.38 bits per heavy atom. The third kappa shape index (κ3) is 3.28. The highest BCUT2D eigenvalue weighted by molar-refractivity contribution is 7.94. The zero-order valence-corrected chi connectivity index (χ0v) is 15.1. The molecule has 1 atom stereocenters. The molecule has 1 unspecified atom stereocenters. The van der Waals surface area contributed by atoms with Gasteiger partial charge in [-0.15, -0.1) is 0 Å². The molecule has 2 aromatic carbocycles. The number of nitrogens with one attached hydrogen (secondary N) is 1. The molecule has 0 spiro atoms. The van der Waals surface area contributed by atoms with Gasteiger partial charge >= 0.3 is 0 Å². The van der Waals surface area contributed by atoms with Crippen LogP contribution in [-0.2, 0) is 14.8 Å². The molecule has 1 heterocycles. The van der Waals surface area contributed by atoms with Gasteiger partial charge in [0.15, 0.2) is 0 Å². The highest BCUT2D eigenvalue weighted by Gasteiger charge is 2.41. The van der Waals surface area contributed by atoms with Gasteiger partial charge in [0.2, 0.25) is 15.9 Å². The van der Waals surface area contributed by atoms with Gasteiger partial charge in [0.25, 0.3) is 5.91 Å². The van der Waals surface area contributed by atoms with Gasteiger partial charge in [0.1, 0.15) is 5.75 Å². The van der Waals surface area contributed by atoms with Gasteiger partial charge in [-0.25, -0.2) is 12.7 Å². The summed E-state index contributed by atoms with van der Waals surface area (Å²) in [4.78, 5) is 24.5. The summed E-state index contributed by atoms with van der Waals surface area (Å²) >= 11 is 0. The fourth-order valence-electron chi connectivity index (χ4n) is 2.78. The third-order valence-electron chi connectivity index (χ3n) is 4.08. The number of anilines is 2. The molecule has 26 heavy (non-hydrogen) atoms. The first-order valence-corrected chi connectivity index (χ1v) is 9.55. The molecule has 8 heteroatoms. The van der Waals surface area contributed by atoms with Crippen molar-refractivity contribution in [3.63, 3.8) is 0 Å². The summed E-state index contributed by atoms with van der Waals surface area (Å²) in [7, 11) is -2.15. The molecule has 0 aromatic heterocycles. The Morgan fingerprint density at radius 2 is 1.81 bits per heavy atom. The second-order valence-corrected chi connectivity index (χ2v) is 7.85. The van der Waals surface area contributed by atoms with Crippen molar-refractivity contribution in [3.8, 4) is 5.75 Å². The highest BCUT2D eigenvalue weighted by Crippen LogP contribution is 2.29. The normalized spacial score (nSPS) is 18.6. The summed E-state index contributed by atoms with van der Waals surface area (Å²) in [6.07, 6.45) is 0. The van der Waals surface area contributed by atoms with E-state index in [-0.39, 0.29) is 17.3 Å². The molecule has 0 bridgehead atoms. The zero-order valence-electron chi connectivity index (χ0n) is 14.3. The van der Waals surface area contributed by atoms with Crippen molar-refractivity contribution in [1.82, 2.24) is 0 Å². The van der Waals surface area contributed by atoms with E-state index in [9.17, 15) is 18.0 Å². The lowest BCUT2D eigenvalue weighted by molar-refractivity contribution is -0.119. The molecule has 1 saturated heterocycles. The number of benzene rings is 2. The van der Waals surface area contributed by atoms with E-state index in [0.717, 1.165) is 4.31 Å². The van der Waals surface area contributed by atoms with E-state index in [0.29, 0.717) is 17.0 Å². The predicted molar refractivity (Wildman–Crippen MR) is 97.8 cm³/mol. The van der Waals surface area contributed by atoms with Crippen molar-refractivity contribution in [1.29, 1.82) is 0 Å². The van der Waals surface area contributed by atoms with Crippen LogP contribution in [0.15, 0.2) is 48.5 Å². The minimum atomic E-state index is -3.66. The lowest BCUT2D eigenvalue weighted by Crippen LogP contribution is -2.30. The predicted octanol–water partition coefficient (Wildman–Crippen LogP) is 2.26. The first-order chi connectivity index (χ1) is 12.3. The summed E-state index contributed by atoms with van der Waals surface area (Å²) in [5.74, 6) is -1.09. The summed E-state index contributed by atoms with van der Waals surface area (Å²) in [6.45, 7) is 1.58. The third-order valence-corrected chi connectivity index (χ3v) is 5.95. The van der Waals surface area contributed by atoms with Crippen molar-refractivity contribution < 1.29 is 22.7 Å². The number of ether oxygens (including phenoxy) is 1. The van der Waals surface area contributed by atoms with Crippen molar-refractivity contribution in [2.75, 3.05) is 22.5 Å². The van der Waals surface area contributed by atoms with Gasteiger partial charge in [0, 0.05) is 5.56 Å². The second kappa shape index (κ2) is 6.80. The quantitative estimate of drug-likeness (QED) is 0.886. The highest BCUT2D eigenvalue weighted by atomic mass is 32.2. The number of nitrogens with zero attached hydrogens (tertiary/aromatic N) is 1. The van der Waals surface area contributed by atoms with E-state index >= 15 is 0 Å². The van der Waals surface area contributed by atoms with Crippen LogP contribution in [0.2, 0.25) is 0 Å². The molecular formula is C18H18N2O5S. The molecule has 1 aliphatic heterocycles. The van der Waals surface area contributed by atoms with Crippen LogP contribution < -0.4 is 14.4 Å². The van der Waals surface area contributed by atoms with Gasteiger partial charge in [0.05, 0.1) is 30.2 Å². The summed E-state index contributed by atoms with van der Waals surface area (Å²) < 4.78 is 30.2. The Hall–Kier alpha value is -2.87. The number of hydrogen-bond acceptors (Lipinski definition) is 5. The van der Waals surface area contributed by atoms with Gasteiger partial charge in [-0.05, 0) is 36.4 Å². The van der Waals surface area contributed by atoms with E-state index in [1.165, 1.54) is 31.4 Å². The minimum Gasteiger partial charge on any atom is -0.495 e. The number of carbonyl (C=O) groups is 2. The minimum absolute atomic E-state index is 0.206. The number of para-hydroxylation sites is 2. The van der Waals surface area contributed by atoms with Crippen molar-refractivity contribution in [3.05, 3.63) is 54.1 Å². The van der Waals surface area contributed by atoms with E-state index in [2.05, 4.69) is 5.32 Å². The Balaban J connectivity index is 1.82. The average Bonchev–Trinajstić information content (AvgIpc) is 2.82. The van der Waals surface area contributed by atoms with Gasteiger partial charge in [-0.3, -0.25) is 9.59 Å². The molecule has 7 nitrogen and oxygen atoms in total. The number of carbonyl (C=O) groups excluding carboxylic acids is 2. The number of rotatable bonds is 4. The van der Waals surface area contributed by atoms with E-state index in [4.69, 9.17) is 4.74 Å². The molecule has 1 N–H and O–H groups in total. The SMILES string of the molecule is COc1ccccc1NC(=O)c1ccc(N2C(=O)C(C)CS2(=O)=O)cc1. The molecule has 2 aromatic rings. The number of sulfonamides is 1. The van der Waals surface area contributed by atoms with Crippen LogP contribution in [-0.4, -0.2) is 33.1 Å². The Kier molecular flexibility index (Phi) is 4.69. The molecule has 0 radical (unpaired) electrons. The molecule has 136 valence electrons. The molecule has 1 fully saturated rings. The van der Waals surface area contributed by atoms with E-state index in [1.54, 1.807) is 31.2 Å². The van der Waals surface area contributed by atoms with E-state index < -0.39 is 21.8 Å². The van der Waals surface area contributed by atoms with Gasteiger partial charge in [-0.1, -0.05) is 19.1 Å². The van der Waals surface area contributed by atoms with Crippen molar-refractivity contribution in [2.24, 2.45) is 5.92 Å². The zero-order chi connectivity index (χ0) is 18.9. The van der Waals surface area contributed by atoms with Crippen LogP contribution in [0.1, 0.15) is 17.3 Å². The van der Waals surface area contributed by atoms with Crippen LogP contribution >= 0.6 is 0 Å². The lowest BCUT2D eigenvalue weighted by Gasteiger charge is -2.15. The Bertz CT molecular complexity index is 954. The van der Waals surface area contributed by atoms with Crippen LogP contribution in [0.3, 0.4) is 0 Å². The Morgan fingerprint density at radius 1 is 1.15 bits per heavy atom. The number of methoxy groups -OCH3 is 1. The van der Waals surface area contributed by atoms with Crippen LogP contribution in [0.5, 0.6) is 5.75 Å². The van der Waals surface area contributed by atoms with Crippen LogP contribution in [0.25, 0.3) is 0 Å². The number of amides is 2. The average molecular weight is 374 g/mol. The maximum Gasteiger partial charge on any atom is 0.255 e.